The predicted molar refractivity (Wildman–Crippen MR) is 120 cm³/mol. The van der Waals surface area contributed by atoms with Crippen LogP contribution in [0.2, 0.25) is 5.02 Å². The number of alkyl halides is 1. The normalized spacial score (nSPS) is 11.4. The van der Waals surface area contributed by atoms with Gasteiger partial charge < -0.3 is 13.9 Å². The summed E-state index contributed by atoms with van der Waals surface area (Å²) >= 11 is 9.38. The van der Waals surface area contributed by atoms with Gasteiger partial charge in [-0.05, 0) is 32.0 Å². The predicted octanol–water partition coefficient (Wildman–Crippen LogP) is 5.12. The second kappa shape index (κ2) is 9.66. The molecule has 3 rings (SSSR count). The summed E-state index contributed by atoms with van der Waals surface area (Å²) in [5.74, 6) is -1.83. The Labute approximate surface area is 192 Å². The molecule has 31 heavy (non-hydrogen) atoms. The molecular weight excluding hydrogens is 488 g/mol. The summed E-state index contributed by atoms with van der Waals surface area (Å²) in [6.07, 6.45) is -0.287. The zero-order valence-electron chi connectivity index (χ0n) is 16.9. The van der Waals surface area contributed by atoms with Gasteiger partial charge in [0.1, 0.15) is 11.3 Å². The highest BCUT2D eigenvalue weighted by Gasteiger charge is 2.48. The number of carbonyl (C=O) groups excluding carboxylic acids is 3. The van der Waals surface area contributed by atoms with Gasteiger partial charge in [-0.1, -0.05) is 57.9 Å². The Morgan fingerprint density at radius 3 is 2.19 bits per heavy atom. The molecular formula is C23H20BrClO6. The molecule has 1 aromatic heterocycles. The summed E-state index contributed by atoms with van der Waals surface area (Å²) in [6.45, 7) is 3.39. The largest absolute Gasteiger partial charge is 0.464 e. The second-order valence-corrected chi connectivity index (χ2v) is 8.44. The van der Waals surface area contributed by atoms with Crippen molar-refractivity contribution < 1.29 is 28.3 Å². The second-order valence-electron chi connectivity index (χ2n) is 6.65. The van der Waals surface area contributed by atoms with E-state index in [9.17, 15) is 14.4 Å². The van der Waals surface area contributed by atoms with E-state index in [-0.39, 0.29) is 36.7 Å². The first-order valence-corrected chi connectivity index (χ1v) is 10.8. The Bertz CT molecular complexity index is 1100. The molecule has 0 radical (unpaired) electrons. The smallest absolute Gasteiger partial charge is 0.334 e. The molecule has 0 N–H and O–H groups in total. The van der Waals surface area contributed by atoms with Crippen LogP contribution in [0.4, 0.5) is 0 Å². The molecule has 0 spiro atoms. The zero-order chi connectivity index (χ0) is 22.6. The number of hydrogen-bond acceptors (Lipinski definition) is 6. The van der Waals surface area contributed by atoms with Crippen LogP contribution in [-0.4, -0.2) is 35.3 Å². The molecule has 0 aliphatic carbocycles. The number of fused-ring (bicyclic) bond motifs is 1. The minimum Gasteiger partial charge on any atom is -0.464 e. The number of benzene rings is 2. The van der Waals surface area contributed by atoms with Gasteiger partial charge in [0, 0.05) is 22.4 Å². The quantitative estimate of drug-likeness (QED) is 0.182. The number of rotatable bonds is 8. The van der Waals surface area contributed by atoms with Crippen LogP contribution in [0.3, 0.4) is 0 Å². The number of carbonyl (C=O) groups is 3. The van der Waals surface area contributed by atoms with Gasteiger partial charge in [0.05, 0.1) is 18.8 Å². The van der Waals surface area contributed by atoms with E-state index < -0.39 is 16.3 Å². The molecule has 0 aliphatic rings. The first-order chi connectivity index (χ1) is 14.8. The molecule has 6 nitrogen and oxygen atoms in total. The lowest BCUT2D eigenvalue weighted by atomic mass is 9.95. The monoisotopic (exact) mass is 506 g/mol. The highest BCUT2D eigenvalue weighted by atomic mass is 79.9. The van der Waals surface area contributed by atoms with Crippen molar-refractivity contribution in [3.05, 3.63) is 70.4 Å². The molecule has 2 aromatic carbocycles. The summed E-state index contributed by atoms with van der Waals surface area (Å²) in [6, 6.07) is 13.5. The van der Waals surface area contributed by atoms with Crippen molar-refractivity contribution >= 4 is 56.2 Å². The van der Waals surface area contributed by atoms with Crippen LogP contribution >= 0.6 is 27.5 Å². The van der Waals surface area contributed by atoms with E-state index in [0.29, 0.717) is 21.6 Å². The summed E-state index contributed by atoms with van der Waals surface area (Å²) in [4.78, 5) is 38.8. The fourth-order valence-corrected chi connectivity index (χ4v) is 3.82. The fraction of sp³-hybridized carbons (Fsp3) is 0.261. The molecule has 0 saturated carbocycles. The standard InChI is InChI=1S/C23H20BrClO6/c1-3-29-21(27)23(24,22(28)30-4-2)13-18-19(20(26)14-8-6-5-7-9-14)16-12-15(25)10-11-17(16)31-18/h5-12H,3-4,13H2,1-2H3. The van der Waals surface area contributed by atoms with E-state index in [1.54, 1.807) is 62.4 Å². The number of ether oxygens (including phenoxy) is 2. The highest BCUT2D eigenvalue weighted by Crippen LogP contribution is 2.36. The van der Waals surface area contributed by atoms with Crippen LogP contribution in [0.1, 0.15) is 35.5 Å². The molecule has 1 heterocycles. The Morgan fingerprint density at radius 1 is 1.00 bits per heavy atom. The van der Waals surface area contributed by atoms with Crippen LogP contribution in [0, 0.1) is 0 Å². The minimum atomic E-state index is -1.87. The molecule has 0 bridgehead atoms. The number of furan rings is 1. The highest BCUT2D eigenvalue weighted by molar-refractivity contribution is 9.10. The van der Waals surface area contributed by atoms with Crippen LogP contribution in [0.15, 0.2) is 52.9 Å². The Hall–Kier alpha value is -2.64. The molecule has 0 atom stereocenters. The lowest BCUT2D eigenvalue weighted by Crippen LogP contribution is -2.45. The Balaban J connectivity index is 2.17. The van der Waals surface area contributed by atoms with E-state index in [4.69, 9.17) is 25.5 Å². The summed E-state index contributed by atoms with van der Waals surface area (Å²) in [5, 5.41) is 0.904. The van der Waals surface area contributed by atoms with Crippen molar-refractivity contribution in [1.82, 2.24) is 0 Å². The Morgan fingerprint density at radius 2 is 1.61 bits per heavy atom. The van der Waals surface area contributed by atoms with Crippen molar-refractivity contribution in [2.24, 2.45) is 0 Å². The maximum absolute atomic E-state index is 13.4. The van der Waals surface area contributed by atoms with Crippen molar-refractivity contribution in [3.63, 3.8) is 0 Å². The lowest BCUT2D eigenvalue weighted by Gasteiger charge is -2.22. The SMILES string of the molecule is CCOC(=O)C(Br)(Cc1oc2ccc(Cl)cc2c1C(=O)c1ccccc1)C(=O)OCC. The first kappa shape index (κ1) is 23.0. The van der Waals surface area contributed by atoms with Gasteiger partial charge in [-0.15, -0.1) is 0 Å². The Kier molecular flexibility index (Phi) is 7.18. The number of ketones is 1. The van der Waals surface area contributed by atoms with Gasteiger partial charge in [-0.2, -0.15) is 0 Å². The maximum Gasteiger partial charge on any atom is 0.334 e. The van der Waals surface area contributed by atoms with Crippen LogP contribution < -0.4 is 0 Å². The van der Waals surface area contributed by atoms with Crippen molar-refractivity contribution in [2.75, 3.05) is 13.2 Å². The third-order valence-electron chi connectivity index (χ3n) is 4.59. The van der Waals surface area contributed by atoms with E-state index in [0.717, 1.165) is 0 Å². The van der Waals surface area contributed by atoms with Crippen molar-refractivity contribution in [2.45, 2.75) is 24.6 Å². The summed E-state index contributed by atoms with van der Waals surface area (Å²) in [7, 11) is 0. The third-order valence-corrected chi connectivity index (χ3v) is 5.75. The summed E-state index contributed by atoms with van der Waals surface area (Å²) < 4.78 is 14.2. The van der Waals surface area contributed by atoms with Gasteiger partial charge in [0.15, 0.2) is 5.78 Å². The topological polar surface area (TPSA) is 82.8 Å². The van der Waals surface area contributed by atoms with Gasteiger partial charge in [-0.25, -0.2) is 9.59 Å². The minimum absolute atomic E-state index is 0.0666. The number of halogens is 2. The molecule has 0 amide bonds. The van der Waals surface area contributed by atoms with E-state index in [2.05, 4.69) is 15.9 Å². The molecule has 162 valence electrons. The molecule has 0 aliphatic heterocycles. The molecule has 0 fully saturated rings. The van der Waals surface area contributed by atoms with E-state index in [1.165, 1.54) is 0 Å². The zero-order valence-corrected chi connectivity index (χ0v) is 19.3. The fourth-order valence-electron chi connectivity index (χ4n) is 3.17. The molecule has 0 saturated heterocycles. The third kappa shape index (κ3) is 4.67. The number of esters is 2. The van der Waals surface area contributed by atoms with Gasteiger partial charge in [0.25, 0.3) is 0 Å². The van der Waals surface area contributed by atoms with Gasteiger partial charge >= 0.3 is 11.9 Å². The first-order valence-electron chi connectivity index (χ1n) is 9.65. The number of hydrogen-bond donors (Lipinski definition) is 0. The van der Waals surface area contributed by atoms with Crippen LogP contribution in [-0.2, 0) is 25.5 Å². The molecule has 8 heteroatoms. The van der Waals surface area contributed by atoms with Crippen LogP contribution in [0.5, 0.6) is 0 Å². The lowest BCUT2D eigenvalue weighted by molar-refractivity contribution is -0.158. The average molecular weight is 508 g/mol. The van der Waals surface area contributed by atoms with E-state index in [1.807, 2.05) is 0 Å². The van der Waals surface area contributed by atoms with Gasteiger partial charge in [-0.3, -0.25) is 4.79 Å². The van der Waals surface area contributed by atoms with Crippen molar-refractivity contribution in [3.8, 4) is 0 Å². The molecule has 0 unspecified atom stereocenters. The average Bonchev–Trinajstić information content (AvgIpc) is 3.10. The molecule has 3 aromatic rings. The van der Waals surface area contributed by atoms with Crippen molar-refractivity contribution in [1.29, 1.82) is 0 Å². The maximum atomic E-state index is 13.4. The van der Waals surface area contributed by atoms with E-state index >= 15 is 0 Å². The summed E-state index contributed by atoms with van der Waals surface area (Å²) in [5.41, 5.74) is 1.06. The van der Waals surface area contributed by atoms with Crippen LogP contribution in [0.25, 0.3) is 11.0 Å². The van der Waals surface area contributed by atoms with Gasteiger partial charge in [0.2, 0.25) is 4.32 Å².